The zero-order chi connectivity index (χ0) is 36.9. The van der Waals surface area contributed by atoms with Crippen LogP contribution in [0, 0.1) is 0 Å². The minimum absolute atomic E-state index is 0.124. The Labute approximate surface area is 292 Å². The monoisotopic (exact) mass is 666 g/mol. The van der Waals surface area contributed by atoms with Crippen LogP contribution in [0.1, 0.15) is 175 Å². The maximum absolute atomic E-state index is 13.3. The molecule has 48 heavy (non-hydrogen) atoms. The maximum atomic E-state index is 13.3. The number of hydrogen-bond donors (Lipinski definition) is 2. The van der Waals surface area contributed by atoms with Crippen LogP contribution >= 0.6 is 0 Å². The van der Waals surface area contributed by atoms with Crippen LogP contribution in [0.5, 0.6) is 11.5 Å². The molecule has 0 fully saturated rings. The Hall–Kier alpha value is -3.02. The van der Waals surface area contributed by atoms with Gasteiger partial charge in [0.2, 0.25) is 0 Å². The van der Waals surface area contributed by atoms with E-state index in [-0.39, 0.29) is 34.5 Å². The van der Waals surface area contributed by atoms with Crippen molar-refractivity contribution in [1.82, 2.24) is 0 Å². The zero-order valence-electron chi connectivity index (χ0n) is 32.7. The third-order valence-corrected chi connectivity index (χ3v) is 8.95. The molecule has 0 spiro atoms. The van der Waals surface area contributed by atoms with Crippen molar-refractivity contribution in [2.45, 2.75) is 182 Å². The van der Waals surface area contributed by atoms with E-state index in [1.54, 1.807) is 6.92 Å². The quantitative estimate of drug-likeness (QED) is 0.126. The third-order valence-electron chi connectivity index (χ3n) is 8.95. The highest BCUT2D eigenvalue weighted by molar-refractivity contribution is 5.72. The number of esters is 2. The summed E-state index contributed by atoms with van der Waals surface area (Å²) in [6.07, 6.45) is 5.41. The first kappa shape index (κ1) is 41.2. The summed E-state index contributed by atoms with van der Waals surface area (Å²) in [5.74, 6) is -1.60. The molecule has 0 aliphatic heterocycles. The number of rotatable bonds is 13. The summed E-state index contributed by atoms with van der Waals surface area (Å²) in [5.41, 5.74) is 4.25. The Morgan fingerprint density at radius 1 is 0.542 bits per heavy atom. The second-order valence-corrected chi connectivity index (χ2v) is 18.0. The molecule has 6 nitrogen and oxygen atoms in total. The molecular formula is C42H66O6. The first-order valence-corrected chi connectivity index (χ1v) is 18.0. The molecule has 0 heterocycles. The normalized spacial score (nSPS) is 13.0. The van der Waals surface area contributed by atoms with Gasteiger partial charge in [0.25, 0.3) is 5.79 Å². The molecule has 0 saturated carbocycles. The zero-order valence-corrected chi connectivity index (χ0v) is 32.7. The van der Waals surface area contributed by atoms with E-state index >= 15 is 0 Å². The molecule has 2 rings (SSSR count). The van der Waals surface area contributed by atoms with Gasteiger partial charge in [0.15, 0.2) is 0 Å². The van der Waals surface area contributed by atoms with Crippen LogP contribution in [-0.2, 0) is 53.6 Å². The number of carbonyl (C=O) groups is 2. The number of carbonyl (C=O) groups excluding carboxylic acids is 2. The Bertz CT molecular complexity index is 1240. The van der Waals surface area contributed by atoms with Crippen LogP contribution in [0.25, 0.3) is 0 Å². The SMILES string of the molecule is CCCCCCC(C)(OC(=O)CCc1cc(C(C)(C)C)c(O)c(C(C)(C)C)c1)OC(=O)CCc1cc(C(C)(C)C)c(O)c(C(C)(C)C)c1. The first-order chi connectivity index (χ1) is 21.8. The Morgan fingerprint density at radius 3 is 1.12 bits per heavy atom. The number of phenolic OH excluding ortho intramolecular Hbond substituents is 2. The fraction of sp³-hybridized carbons (Fsp3) is 0.667. The lowest BCUT2D eigenvalue weighted by Gasteiger charge is -2.30. The molecule has 0 aromatic heterocycles. The molecule has 0 atom stereocenters. The van der Waals surface area contributed by atoms with Gasteiger partial charge in [0.05, 0.1) is 0 Å². The molecule has 0 radical (unpaired) electrons. The van der Waals surface area contributed by atoms with Crippen LogP contribution in [-0.4, -0.2) is 27.9 Å². The van der Waals surface area contributed by atoms with Gasteiger partial charge >= 0.3 is 11.9 Å². The van der Waals surface area contributed by atoms with Gasteiger partial charge in [-0.1, -0.05) is 134 Å². The first-order valence-electron chi connectivity index (χ1n) is 18.0. The van der Waals surface area contributed by atoms with Crippen LogP contribution in [0.15, 0.2) is 24.3 Å². The number of unbranched alkanes of at least 4 members (excludes halogenated alkanes) is 3. The average Bonchev–Trinajstić information content (AvgIpc) is 2.91. The summed E-state index contributed by atoms with van der Waals surface area (Å²) in [7, 11) is 0. The average molecular weight is 667 g/mol. The second-order valence-electron chi connectivity index (χ2n) is 18.0. The standard InChI is InChI=1S/C42H66O6/c1-15-16-17-18-23-42(14,47-34(43)21-19-28-24-30(38(2,3)4)36(45)31(25-28)39(5,6)7)48-35(44)22-20-29-26-32(40(8,9)10)37(46)33(27-29)41(11,12)13/h24-27,45-46H,15-23H2,1-14H3. The summed E-state index contributed by atoms with van der Waals surface area (Å²) in [4.78, 5) is 26.6. The number of aryl methyl sites for hydroxylation is 2. The van der Waals surface area contributed by atoms with E-state index in [4.69, 9.17) is 9.47 Å². The molecular weight excluding hydrogens is 600 g/mol. The van der Waals surface area contributed by atoms with E-state index in [9.17, 15) is 19.8 Å². The van der Waals surface area contributed by atoms with Gasteiger partial charge in [0.1, 0.15) is 11.5 Å². The lowest BCUT2D eigenvalue weighted by Crippen LogP contribution is -2.37. The number of phenols is 2. The fourth-order valence-corrected chi connectivity index (χ4v) is 6.04. The lowest BCUT2D eigenvalue weighted by molar-refractivity contribution is -0.225. The summed E-state index contributed by atoms with van der Waals surface area (Å²) in [6, 6.07) is 7.95. The number of benzene rings is 2. The van der Waals surface area contributed by atoms with E-state index in [1.165, 1.54) is 0 Å². The van der Waals surface area contributed by atoms with Crippen molar-refractivity contribution in [1.29, 1.82) is 0 Å². The minimum Gasteiger partial charge on any atom is -0.507 e. The van der Waals surface area contributed by atoms with E-state index in [2.05, 4.69) is 90.0 Å². The third kappa shape index (κ3) is 11.8. The van der Waals surface area contributed by atoms with Gasteiger partial charge in [-0.2, -0.15) is 0 Å². The van der Waals surface area contributed by atoms with Crippen molar-refractivity contribution in [2.24, 2.45) is 0 Å². The predicted octanol–water partition coefficient (Wildman–Crippen LogP) is 10.6. The van der Waals surface area contributed by atoms with Crippen LogP contribution < -0.4 is 0 Å². The molecule has 6 heteroatoms. The molecule has 2 N–H and O–H groups in total. The van der Waals surface area contributed by atoms with Gasteiger partial charge in [-0.25, -0.2) is 0 Å². The molecule has 270 valence electrons. The predicted molar refractivity (Wildman–Crippen MR) is 197 cm³/mol. The highest BCUT2D eigenvalue weighted by Crippen LogP contribution is 2.41. The summed E-state index contributed by atoms with van der Waals surface area (Å²) in [5, 5.41) is 22.2. The molecule has 0 saturated heterocycles. The van der Waals surface area contributed by atoms with E-state index in [0.29, 0.717) is 30.8 Å². The van der Waals surface area contributed by atoms with Gasteiger partial charge in [0, 0.05) is 26.2 Å². The molecule has 0 aliphatic rings. The Balaban J connectivity index is 2.25. The summed E-state index contributed by atoms with van der Waals surface area (Å²) < 4.78 is 11.9. The van der Waals surface area contributed by atoms with Crippen molar-refractivity contribution in [3.8, 4) is 11.5 Å². The number of hydrogen-bond acceptors (Lipinski definition) is 6. The van der Waals surface area contributed by atoms with Gasteiger partial charge in [-0.15, -0.1) is 0 Å². The summed E-state index contributed by atoms with van der Waals surface area (Å²) in [6.45, 7) is 28.7. The molecule has 0 aliphatic carbocycles. The largest absolute Gasteiger partial charge is 0.507 e. The molecule has 0 unspecified atom stereocenters. The van der Waals surface area contributed by atoms with E-state index < -0.39 is 17.7 Å². The van der Waals surface area contributed by atoms with Gasteiger partial charge < -0.3 is 19.7 Å². The van der Waals surface area contributed by atoms with Crippen molar-refractivity contribution < 1.29 is 29.3 Å². The number of aromatic hydroxyl groups is 2. The maximum Gasteiger partial charge on any atom is 0.309 e. The van der Waals surface area contributed by atoms with Gasteiger partial charge in [-0.05, 0) is 74.3 Å². The van der Waals surface area contributed by atoms with Crippen LogP contribution in [0.4, 0.5) is 0 Å². The molecule has 2 aromatic carbocycles. The summed E-state index contributed by atoms with van der Waals surface area (Å²) >= 11 is 0. The number of ether oxygens (including phenoxy) is 2. The second kappa shape index (κ2) is 15.7. The highest BCUT2D eigenvalue weighted by Gasteiger charge is 2.34. The Morgan fingerprint density at radius 2 is 0.854 bits per heavy atom. The van der Waals surface area contributed by atoms with Crippen molar-refractivity contribution >= 4 is 11.9 Å². The molecule has 0 bridgehead atoms. The van der Waals surface area contributed by atoms with E-state index in [1.807, 2.05) is 24.3 Å². The molecule has 0 amide bonds. The highest BCUT2D eigenvalue weighted by atomic mass is 16.7. The lowest BCUT2D eigenvalue weighted by atomic mass is 9.78. The van der Waals surface area contributed by atoms with Gasteiger partial charge in [-0.3, -0.25) is 9.59 Å². The Kier molecular flexibility index (Phi) is 13.4. The fourth-order valence-electron chi connectivity index (χ4n) is 6.04. The van der Waals surface area contributed by atoms with E-state index in [0.717, 1.165) is 59.1 Å². The minimum atomic E-state index is -1.37. The van der Waals surface area contributed by atoms with Crippen LogP contribution in [0.2, 0.25) is 0 Å². The molecule has 2 aromatic rings. The van der Waals surface area contributed by atoms with Crippen molar-refractivity contribution in [2.75, 3.05) is 0 Å². The topological polar surface area (TPSA) is 93.1 Å². The van der Waals surface area contributed by atoms with Crippen LogP contribution in [0.3, 0.4) is 0 Å². The van der Waals surface area contributed by atoms with Crippen molar-refractivity contribution in [3.05, 3.63) is 57.6 Å². The smallest absolute Gasteiger partial charge is 0.309 e. The van der Waals surface area contributed by atoms with Crippen molar-refractivity contribution in [3.63, 3.8) is 0 Å².